The maximum absolute atomic E-state index is 12.3. The zero-order valence-corrected chi connectivity index (χ0v) is 14.1. The number of rotatable bonds is 5. The minimum Gasteiger partial charge on any atom is -0.348 e. The van der Waals surface area contributed by atoms with Crippen LogP contribution in [0, 0.1) is 0 Å². The number of hydrogen-bond donors (Lipinski definition) is 1. The molecule has 1 aliphatic rings. The van der Waals surface area contributed by atoms with Gasteiger partial charge in [-0.05, 0) is 49.2 Å². The molecule has 0 atom stereocenters. The predicted octanol–water partition coefficient (Wildman–Crippen LogP) is 2.26. The topological polar surface area (TPSA) is 62.5 Å². The van der Waals surface area contributed by atoms with E-state index in [1.165, 1.54) is 31.5 Å². The van der Waals surface area contributed by atoms with Crippen molar-refractivity contribution in [2.24, 2.45) is 0 Å². The number of carbonyl (C=O) groups excluding carboxylic acids is 1. The van der Waals surface area contributed by atoms with Gasteiger partial charge < -0.3 is 5.32 Å². The van der Waals surface area contributed by atoms with E-state index in [4.69, 9.17) is 0 Å². The first-order valence-corrected chi connectivity index (χ1v) is 8.66. The zero-order chi connectivity index (χ0) is 17.1. The molecule has 128 valence electrons. The summed E-state index contributed by atoms with van der Waals surface area (Å²) >= 11 is 0. The summed E-state index contributed by atoms with van der Waals surface area (Å²) in [5, 5.41) is 10.7. The van der Waals surface area contributed by atoms with Gasteiger partial charge in [-0.2, -0.15) is 0 Å². The second-order valence-electron chi connectivity index (χ2n) is 6.50. The lowest BCUT2D eigenvalue weighted by atomic mass is 10.1. The standard InChI is InChI=1S/C19H21N5O/c25-19(17-7-8-18-22-21-14-24(18)13-17)20-11-15-3-5-16(6-4-15)12-23-9-1-2-10-23/h3-8,13-14H,1-2,9-12H2,(H,20,25). The highest BCUT2D eigenvalue weighted by molar-refractivity contribution is 5.94. The third-order valence-electron chi connectivity index (χ3n) is 4.63. The van der Waals surface area contributed by atoms with Gasteiger partial charge in [0, 0.05) is 19.3 Å². The summed E-state index contributed by atoms with van der Waals surface area (Å²) in [6.45, 7) is 3.94. The Morgan fingerprint density at radius 3 is 2.60 bits per heavy atom. The SMILES string of the molecule is O=C(NCc1ccc(CN2CCCC2)cc1)c1ccc2nncn2c1. The molecule has 1 saturated heterocycles. The van der Waals surface area contributed by atoms with Crippen molar-refractivity contribution in [2.75, 3.05) is 13.1 Å². The van der Waals surface area contributed by atoms with E-state index in [0.717, 1.165) is 17.8 Å². The van der Waals surface area contributed by atoms with Crippen LogP contribution in [-0.2, 0) is 13.1 Å². The highest BCUT2D eigenvalue weighted by atomic mass is 16.1. The van der Waals surface area contributed by atoms with Gasteiger partial charge in [0.25, 0.3) is 5.91 Å². The number of pyridine rings is 1. The smallest absolute Gasteiger partial charge is 0.253 e. The highest BCUT2D eigenvalue weighted by Crippen LogP contribution is 2.13. The molecule has 1 fully saturated rings. The molecule has 0 radical (unpaired) electrons. The number of fused-ring (bicyclic) bond motifs is 1. The summed E-state index contributed by atoms with van der Waals surface area (Å²) < 4.78 is 1.74. The van der Waals surface area contributed by atoms with Crippen LogP contribution in [0.1, 0.15) is 34.3 Å². The second kappa shape index (κ2) is 7.03. The number of hydrogen-bond acceptors (Lipinski definition) is 4. The van der Waals surface area contributed by atoms with Crippen LogP contribution in [-0.4, -0.2) is 38.5 Å². The van der Waals surface area contributed by atoms with Crippen molar-refractivity contribution < 1.29 is 4.79 Å². The van der Waals surface area contributed by atoms with E-state index in [2.05, 4.69) is 44.7 Å². The summed E-state index contributed by atoms with van der Waals surface area (Å²) in [4.78, 5) is 14.8. The number of aromatic nitrogens is 3. The van der Waals surface area contributed by atoms with E-state index in [-0.39, 0.29) is 5.91 Å². The van der Waals surface area contributed by atoms with Gasteiger partial charge >= 0.3 is 0 Å². The Morgan fingerprint density at radius 1 is 1.04 bits per heavy atom. The molecule has 1 aliphatic heterocycles. The molecule has 0 unspecified atom stereocenters. The van der Waals surface area contributed by atoms with E-state index in [0.29, 0.717) is 12.1 Å². The second-order valence-corrected chi connectivity index (χ2v) is 6.50. The van der Waals surface area contributed by atoms with Crippen molar-refractivity contribution >= 4 is 11.6 Å². The number of carbonyl (C=O) groups is 1. The molecule has 1 aromatic carbocycles. The minimum atomic E-state index is -0.100. The summed E-state index contributed by atoms with van der Waals surface area (Å²) in [5.41, 5.74) is 3.75. The van der Waals surface area contributed by atoms with E-state index in [1.54, 1.807) is 29.1 Å². The van der Waals surface area contributed by atoms with Gasteiger partial charge in [0.15, 0.2) is 5.65 Å². The van der Waals surface area contributed by atoms with Crippen LogP contribution >= 0.6 is 0 Å². The third-order valence-corrected chi connectivity index (χ3v) is 4.63. The molecule has 3 heterocycles. The molecule has 6 nitrogen and oxygen atoms in total. The Balaban J connectivity index is 1.34. The largest absolute Gasteiger partial charge is 0.348 e. The monoisotopic (exact) mass is 335 g/mol. The van der Waals surface area contributed by atoms with Gasteiger partial charge in [-0.25, -0.2) is 0 Å². The number of likely N-dealkylation sites (tertiary alicyclic amines) is 1. The van der Waals surface area contributed by atoms with Gasteiger partial charge in [0.1, 0.15) is 6.33 Å². The van der Waals surface area contributed by atoms with Crippen molar-refractivity contribution in [2.45, 2.75) is 25.9 Å². The quantitative estimate of drug-likeness (QED) is 0.777. The van der Waals surface area contributed by atoms with Crippen molar-refractivity contribution in [1.29, 1.82) is 0 Å². The van der Waals surface area contributed by atoms with Crippen LogP contribution in [0.4, 0.5) is 0 Å². The molecule has 3 aromatic rings. The number of benzene rings is 1. The molecule has 0 aliphatic carbocycles. The van der Waals surface area contributed by atoms with E-state index < -0.39 is 0 Å². The lowest BCUT2D eigenvalue weighted by Gasteiger charge is -2.14. The molecule has 0 bridgehead atoms. The first-order chi connectivity index (χ1) is 12.3. The van der Waals surface area contributed by atoms with Crippen molar-refractivity contribution in [1.82, 2.24) is 24.8 Å². The van der Waals surface area contributed by atoms with Crippen molar-refractivity contribution in [3.05, 3.63) is 65.6 Å². The van der Waals surface area contributed by atoms with Crippen LogP contribution in [0.2, 0.25) is 0 Å². The first-order valence-electron chi connectivity index (χ1n) is 8.66. The number of amides is 1. The number of nitrogens with one attached hydrogen (secondary N) is 1. The van der Waals surface area contributed by atoms with Crippen molar-refractivity contribution in [3.63, 3.8) is 0 Å². The first kappa shape index (κ1) is 15.8. The molecule has 6 heteroatoms. The van der Waals surface area contributed by atoms with Crippen LogP contribution in [0.15, 0.2) is 48.9 Å². The van der Waals surface area contributed by atoms with Gasteiger partial charge in [-0.15, -0.1) is 10.2 Å². The molecular formula is C19H21N5O. The summed E-state index contributed by atoms with van der Waals surface area (Å²) in [6, 6.07) is 12.0. The Hall–Kier alpha value is -2.73. The maximum atomic E-state index is 12.3. The Labute approximate surface area is 146 Å². The van der Waals surface area contributed by atoms with Gasteiger partial charge in [0.05, 0.1) is 5.56 Å². The minimum absolute atomic E-state index is 0.100. The molecule has 4 rings (SSSR count). The lowest BCUT2D eigenvalue weighted by molar-refractivity contribution is 0.0950. The van der Waals surface area contributed by atoms with Crippen LogP contribution in [0.25, 0.3) is 5.65 Å². The van der Waals surface area contributed by atoms with E-state index >= 15 is 0 Å². The summed E-state index contributed by atoms with van der Waals surface area (Å²) in [6.07, 6.45) is 5.95. The molecule has 1 amide bonds. The lowest BCUT2D eigenvalue weighted by Crippen LogP contribution is -2.23. The maximum Gasteiger partial charge on any atom is 0.253 e. The molecule has 2 aromatic heterocycles. The fourth-order valence-electron chi connectivity index (χ4n) is 3.21. The highest BCUT2D eigenvalue weighted by Gasteiger charge is 2.11. The van der Waals surface area contributed by atoms with Crippen LogP contribution in [0.3, 0.4) is 0 Å². The summed E-state index contributed by atoms with van der Waals surface area (Å²) in [7, 11) is 0. The fraction of sp³-hybridized carbons (Fsp3) is 0.316. The molecule has 1 N–H and O–H groups in total. The third kappa shape index (κ3) is 3.69. The van der Waals surface area contributed by atoms with Crippen LogP contribution < -0.4 is 5.32 Å². The van der Waals surface area contributed by atoms with Gasteiger partial charge in [0.2, 0.25) is 0 Å². The fourth-order valence-corrected chi connectivity index (χ4v) is 3.21. The Bertz CT molecular complexity index is 865. The molecular weight excluding hydrogens is 314 g/mol. The van der Waals surface area contributed by atoms with Crippen molar-refractivity contribution in [3.8, 4) is 0 Å². The zero-order valence-electron chi connectivity index (χ0n) is 14.1. The number of nitrogens with zero attached hydrogens (tertiary/aromatic N) is 4. The average Bonchev–Trinajstić information content (AvgIpc) is 3.31. The Kier molecular flexibility index (Phi) is 4.43. The normalized spacial score (nSPS) is 14.9. The summed E-state index contributed by atoms with van der Waals surface area (Å²) in [5.74, 6) is -0.100. The van der Waals surface area contributed by atoms with E-state index in [1.807, 2.05) is 0 Å². The molecule has 25 heavy (non-hydrogen) atoms. The predicted molar refractivity (Wildman–Crippen MR) is 95.1 cm³/mol. The van der Waals surface area contributed by atoms with Gasteiger partial charge in [-0.3, -0.25) is 14.1 Å². The van der Waals surface area contributed by atoms with Gasteiger partial charge in [-0.1, -0.05) is 24.3 Å². The van der Waals surface area contributed by atoms with Crippen LogP contribution in [0.5, 0.6) is 0 Å². The molecule has 0 saturated carbocycles. The Morgan fingerprint density at radius 2 is 1.80 bits per heavy atom. The average molecular weight is 335 g/mol. The molecule has 0 spiro atoms. The van der Waals surface area contributed by atoms with E-state index in [9.17, 15) is 4.79 Å².